The molecule has 0 aliphatic carbocycles. The second kappa shape index (κ2) is 9.23. The van der Waals surface area contributed by atoms with Gasteiger partial charge in [0.05, 0.1) is 11.5 Å². The van der Waals surface area contributed by atoms with Gasteiger partial charge in [-0.25, -0.2) is 4.79 Å². The Morgan fingerprint density at radius 3 is 2.73 bits per heavy atom. The summed E-state index contributed by atoms with van der Waals surface area (Å²) < 4.78 is 11.1. The molecule has 0 saturated carbocycles. The minimum atomic E-state index is -0.474. The Morgan fingerprint density at radius 1 is 1.35 bits per heavy atom. The number of carbonyl (C=O) groups is 3. The zero-order chi connectivity index (χ0) is 19.3. The zero-order valence-electron chi connectivity index (χ0n) is 14.8. The van der Waals surface area contributed by atoms with Crippen LogP contribution in [-0.2, 0) is 14.3 Å². The predicted molar refractivity (Wildman–Crippen MR) is 104 cm³/mol. The van der Waals surface area contributed by atoms with Crippen LogP contribution in [0.15, 0.2) is 27.6 Å². The number of carbonyl (C=O) groups excluding carboxylic acids is 3. The normalized spacial score (nSPS) is 16.9. The third-order valence-corrected chi connectivity index (χ3v) is 5.14. The van der Waals surface area contributed by atoms with Crippen molar-refractivity contribution in [3.63, 3.8) is 0 Å². The van der Waals surface area contributed by atoms with Crippen LogP contribution in [-0.4, -0.2) is 41.3 Å². The molecule has 1 heterocycles. The SMILES string of the molecule is CCOC(=O)COc1ccc(Br)cc1/C=C1/SC(=O)N([C@@H](C)CC)C1=O. The number of esters is 1. The molecule has 1 fully saturated rings. The highest BCUT2D eigenvalue weighted by atomic mass is 79.9. The van der Waals surface area contributed by atoms with Crippen LogP contribution in [0, 0.1) is 0 Å². The first-order valence-corrected chi connectivity index (χ1v) is 9.83. The van der Waals surface area contributed by atoms with Gasteiger partial charge in [0.25, 0.3) is 11.1 Å². The molecule has 26 heavy (non-hydrogen) atoms. The molecule has 0 unspecified atom stereocenters. The number of amides is 2. The van der Waals surface area contributed by atoms with Gasteiger partial charge in [-0.15, -0.1) is 0 Å². The maximum Gasteiger partial charge on any atom is 0.344 e. The van der Waals surface area contributed by atoms with Crippen molar-refractivity contribution >= 4 is 50.9 Å². The summed E-state index contributed by atoms with van der Waals surface area (Å²) in [5.74, 6) is -0.360. The number of hydrogen-bond donors (Lipinski definition) is 0. The Balaban J connectivity index is 2.26. The Morgan fingerprint density at radius 2 is 2.08 bits per heavy atom. The Labute approximate surface area is 165 Å². The highest BCUT2D eigenvalue weighted by molar-refractivity contribution is 9.10. The first-order valence-electron chi connectivity index (χ1n) is 8.22. The molecule has 0 aromatic heterocycles. The highest BCUT2D eigenvalue weighted by Gasteiger charge is 2.37. The van der Waals surface area contributed by atoms with Crippen molar-refractivity contribution in [2.45, 2.75) is 33.2 Å². The average molecular weight is 442 g/mol. The molecule has 0 N–H and O–H groups in total. The van der Waals surface area contributed by atoms with Crippen molar-refractivity contribution in [2.24, 2.45) is 0 Å². The molecule has 0 spiro atoms. The lowest BCUT2D eigenvalue weighted by Crippen LogP contribution is -2.36. The summed E-state index contributed by atoms with van der Waals surface area (Å²) in [6.07, 6.45) is 2.30. The quantitative estimate of drug-likeness (QED) is 0.465. The van der Waals surface area contributed by atoms with Gasteiger partial charge < -0.3 is 9.47 Å². The summed E-state index contributed by atoms with van der Waals surface area (Å²) in [7, 11) is 0. The van der Waals surface area contributed by atoms with E-state index in [1.165, 1.54) is 4.90 Å². The molecule has 0 bridgehead atoms. The van der Waals surface area contributed by atoms with Crippen LogP contribution >= 0.6 is 27.7 Å². The minimum absolute atomic E-state index is 0.157. The van der Waals surface area contributed by atoms with E-state index in [0.717, 1.165) is 16.2 Å². The van der Waals surface area contributed by atoms with Crippen molar-refractivity contribution in [3.8, 4) is 5.75 Å². The number of rotatable bonds is 7. The molecule has 140 valence electrons. The van der Waals surface area contributed by atoms with Crippen LogP contribution in [0.3, 0.4) is 0 Å². The predicted octanol–water partition coefficient (Wildman–Crippen LogP) is 4.23. The van der Waals surface area contributed by atoms with Gasteiger partial charge in [-0.1, -0.05) is 22.9 Å². The summed E-state index contributed by atoms with van der Waals surface area (Å²) in [6, 6.07) is 5.06. The second-order valence-electron chi connectivity index (χ2n) is 5.58. The largest absolute Gasteiger partial charge is 0.481 e. The molecule has 1 aromatic rings. The van der Waals surface area contributed by atoms with Gasteiger partial charge >= 0.3 is 5.97 Å². The molecular formula is C18H20BrNO5S. The maximum absolute atomic E-state index is 12.6. The van der Waals surface area contributed by atoms with Crippen LogP contribution in [0.2, 0.25) is 0 Å². The smallest absolute Gasteiger partial charge is 0.344 e. The fraction of sp³-hybridized carbons (Fsp3) is 0.389. The van der Waals surface area contributed by atoms with Crippen molar-refractivity contribution in [3.05, 3.63) is 33.1 Å². The number of benzene rings is 1. The van der Waals surface area contributed by atoms with Crippen LogP contribution in [0.4, 0.5) is 4.79 Å². The third kappa shape index (κ3) is 4.88. The maximum atomic E-state index is 12.6. The van der Waals surface area contributed by atoms with Gasteiger partial charge in [0, 0.05) is 16.1 Å². The van der Waals surface area contributed by atoms with Crippen LogP contribution in [0.1, 0.15) is 32.8 Å². The summed E-state index contributed by atoms with van der Waals surface area (Å²) in [5, 5.41) is -0.278. The number of imide groups is 1. The lowest BCUT2D eigenvalue weighted by molar-refractivity contribution is -0.145. The molecule has 2 rings (SSSR count). The molecule has 1 aromatic carbocycles. The molecule has 1 aliphatic heterocycles. The molecule has 0 radical (unpaired) electrons. The number of thioether (sulfide) groups is 1. The van der Waals surface area contributed by atoms with Crippen molar-refractivity contribution in [2.75, 3.05) is 13.2 Å². The van der Waals surface area contributed by atoms with E-state index in [-0.39, 0.29) is 30.4 Å². The van der Waals surface area contributed by atoms with Gasteiger partial charge in [0.2, 0.25) is 0 Å². The topological polar surface area (TPSA) is 72.9 Å². The third-order valence-electron chi connectivity index (χ3n) is 3.76. The van der Waals surface area contributed by atoms with Gasteiger partial charge in [-0.2, -0.15) is 0 Å². The number of ether oxygens (including phenoxy) is 2. The molecule has 6 nitrogen and oxygen atoms in total. The van der Waals surface area contributed by atoms with E-state index in [9.17, 15) is 14.4 Å². The standard InChI is InChI=1S/C18H20BrNO5S/c1-4-11(3)20-17(22)15(26-18(20)23)9-12-8-13(19)6-7-14(12)25-10-16(21)24-5-2/h6-9,11H,4-5,10H2,1-3H3/b15-9+/t11-/m0/s1. The molecule has 2 amide bonds. The number of halogens is 1. The number of hydrogen-bond acceptors (Lipinski definition) is 6. The molecule has 1 saturated heterocycles. The molecule has 1 atom stereocenters. The number of nitrogens with zero attached hydrogens (tertiary/aromatic N) is 1. The van der Waals surface area contributed by atoms with E-state index in [0.29, 0.717) is 22.6 Å². The van der Waals surface area contributed by atoms with E-state index in [1.54, 1.807) is 31.2 Å². The first kappa shape index (κ1) is 20.5. The first-order chi connectivity index (χ1) is 12.4. The summed E-state index contributed by atoms with van der Waals surface area (Å²) in [6.45, 7) is 5.53. The van der Waals surface area contributed by atoms with Gasteiger partial charge in [-0.05, 0) is 56.3 Å². The Hall–Kier alpha value is -1.80. The molecule has 1 aliphatic rings. The van der Waals surface area contributed by atoms with E-state index in [4.69, 9.17) is 9.47 Å². The van der Waals surface area contributed by atoms with Crippen molar-refractivity contribution in [1.29, 1.82) is 0 Å². The van der Waals surface area contributed by atoms with E-state index in [1.807, 2.05) is 13.8 Å². The summed E-state index contributed by atoms with van der Waals surface area (Å²) in [5.41, 5.74) is 0.596. The van der Waals surface area contributed by atoms with Crippen molar-refractivity contribution < 1.29 is 23.9 Å². The Kier molecular flexibility index (Phi) is 7.28. The lowest BCUT2D eigenvalue weighted by Gasteiger charge is -2.19. The van der Waals surface area contributed by atoms with Crippen LogP contribution in [0.25, 0.3) is 6.08 Å². The minimum Gasteiger partial charge on any atom is -0.481 e. The average Bonchev–Trinajstić information content (AvgIpc) is 2.87. The fourth-order valence-corrected chi connectivity index (χ4v) is 3.59. The van der Waals surface area contributed by atoms with Crippen LogP contribution in [0.5, 0.6) is 5.75 Å². The van der Waals surface area contributed by atoms with Crippen molar-refractivity contribution in [1.82, 2.24) is 4.90 Å². The van der Waals surface area contributed by atoms with Gasteiger partial charge in [0.15, 0.2) is 6.61 Å². The van der Waals surface area contributed by atoms with E-state index >= 15 is 0 Å². The summed E-state index contributed by atoms with van der Waals surface area (Å²) in [4.78, 5) is 37.8. The molecular weight excluding hydrogens is 422 g/mol. The van der Waals surface area contributed by atoms with Gasteiger partial charge in [-0.3, -0.25) is 14.5 Å². The Bertz CT molecular complexity index is 749. The fourth-order valence-electron chi connectivity index (χ4n) is 2.29. The monoisotopic (exact) mass is 441 g/mol. The van der Waals surface area contributed by atoms with Crippen LogP contribution < -0.4 is 4.74 Å². The van der Waals surface area contributed by atoms with E-state index < -0.39 is 5.97 Å². The lowest BCUT2D eigenvalue weighted by atomic mass is 10.1. The zero-order valence-corrected chi connectivity index (χ0v) is 17.2. The molecule has 8 heteroatoms. The van der Waals surface area contributed by atoms with Gasteiger partial charge in [0.1, 0.15) is 5.75 Å². The summed E-state index contributed by atoms with van der Waals surface area (Å²) >= 11 is 4.28. The highest BCUT2D eigenvalue weighted by Crippen LogP contribution is 2.36. The van der Waals surface area contributed by atoms with E-state index in [2.05, 4.69) is 15.9 Å². The second-order valence-corrected chi connectivity index (χ2v) is 7.49.